The summed E-state index contributed by atoms with van der Waals surface area (Å²) < 4.78 is 31.5. The molecule has 5 rings (SSSR count). The standard InChI is InChI=1S/C32H37FN2O4/c1-6-9-27(34-16-7-2)21(3)31(35-22(4)26-19-38-32(20-36)17-24(26)18-32)23-12-14-25(15-13-23)39-29-11-8-10-28(37-5)30(29)33/h7-8,10-16,36H,6,9,17-20H2,1-5H3/b16-7-,31-21+,34-27-,35-22+. The van der Waals surface area contributed by atoms with E-state index in [1.807, 2.05) is 50.4 Å². The minimum absolute atomic E-state index is 0.0418. The number of fused-ring (bicyclic) bond motifs is 2. The second kappa shape index (κ2) is 12.5. The zero-order valence-corrected chi connectivity index (χ0v) is 23.4. The highest BCUT2D eigenvalue weighted by atomic mass is 19.1. The zero-order chi connectivity index (χ0) is 28.0. The van der Waals surface area contributed by atoms with Crippen molar-refractivity contribution in [1.29, 1.82) is 0 Å². The normalized spacial score (nSPS) is 17.7. The third kappa shape index (κ3) is 6.21. The summed E-state index contributed by atoms with van der Waals surface area (Å²) in [7, 11) is 1.42. The van der Waals surface area contributed by atoms with Gasteiger partial charge in [0.2, 0.25) is 5.82 Å². The number of aliphatic hydroxyl groups is 1. The highest BCUT2D eigenvalue weighted by molar-refractivity contribution is 6.09. The van der Waals surface area contributed by atoms with E-state index in [1.54, 1.807) is 18.2 Å². The Balaban J connectivity index is 1.71. The van der Waals surface area contributed by atoms with Crippen LogP contribution in [0, 0.1) is 5.82 Å². The predicted octanol–water partition coefficient (Wildman–Crippen LogP) is 7.44. The molecule has 2 aliphatic heterocycles. The van der Waals surface area contributed by atoms with E-state index in [0.29, 0.717) is 12.4 Å². The van der Waals surface area contributed by atoms with Crippen molar-refractivity contribution in [2.45, 2.75) is 59.0 Å². The molecule has 0 amide bonds. The molecule has 2 bridgehead atoms. The van der Waals surface area contributed by atoms with E-state index in [2.05, 4.69) is 13.8 Å². The van der Waals surface area contributed by atoms with Gasteiger partial charge in [-0.05, 0) is 74.7 Å². The molecule has 0 aromatic heterocycles. The molecule has 0 saturated heterocycles. The fourth-order valence-corrected chi connectivity index (χ4v) is 4.91. The van der Waals surface area contributed by atoms with Crippen molar-refractivity contribution in [2.75, 3.05) is 20.3 Å². The summed E-state index contributed by atoms with van der Waals surface area (Å²) in [6.45, 7) is 8.63. The smallest absolute Gasteiger partial charge is 0.207 e. The number of aliphatic hydroxyl groups excluding tert-OH is 1. The van der Waals surface area contributed by atoms with Crippen LogP contribution in [0.2, 0.25) is 0 Å². The summed E-state index contributed by atoms with van der Waals surface area (Å²) in [6.07, 6.45) is 7.00. The quantitative estimate of drug-likeness (QED) is 0.305. The Morgan fingerprint density at radius 1 is 1.13 bits per heavy atom. The first-order valence-electron chi connectivity index (χ1n) is 13.4. The van der Waals surface area contributed by atoms with Gasteiger partial charge in [-0.2, -0.15) is 4.39 Å². The van der Waals surface area contributed by atoms with Gasteiger partial charge in [-0.25, -0.2) is 0 Å². The third-order valence-corrected chi connectivity index (χ3v) is 7.18. The van der Waals surface area contributed by atoms with E-state index in [1.165, 1.54) is 12.7 Å². The number of aliphatic imine (C=N–C) groups is 2. The van der Waals surface area contributed by atoms with Crippen LogP contribution in [0.3, 0.4) is 0 Å². The number of methoxy groups -OCH3 is 1. The van der Waals surface area contributed by atoms with Gasteiger partial charge in [0.25, 0.3) is 0 Å². The molecule has 7 heteroatoms. The van der Waals surface area contributed by atoms with Gasteiger partial charge in [0.1, 0.15) is 5.75 Å². The van der Waals surface area contributed by atoms with Gasteiger partial charge in [-0.3, -0.25) is 9.98 Å². The second-order valence-electron chi connectivity index (χ2n) is 9.94. The molecule has 0 atom stereocenters. The summed E-state index contributed by atoms with van der Waals surface area (Å²) in [5, 5.41) is 9.68. The van der Waals surface area contributed by atoms with Gasteiger partial charge in [0.15, 0.2) is 11.5 Å². The van der Waals surface area contributed by atoms with Crippen LogP contribution in [-0.4, -0.2) is 42.5 Å². The molecule has 0 spiro atoms. The maximum absolute atomic E-state index is 14.6. The van der Waals surface area contributed by atoms with Gasteiger partial charge < -0.3 is 19.3 Å². The Morgan fingerprint density at radius 3 is 2.44 bits per heavy atom. The van der Waals surface area contributed by atoms with Crippen molar-refractivity contribution in [1.82, 2.24) is 0 Å². The molecule has 2 aromatic rings. The first kappa shape index (κ1) is 28.5. The number of nitrogens with zero attached hydrogens (tertiary/aromatic N) is 2. The number of hydrogen-bond acceptors (Lipinski definition) is 6. The Morgan fingerprint density at radius 2 is 1.85 bits per heavy atom. The van der Waals surface area contributed by atoms with Crippen LogP contribution in [-0.2, 0) is 4.74 Å². The monoisotopic (exact) mass is 532 g/mol. The SMILES string of the molecule is C\C=C/N=C(CCC)\C(C)=C(\N=C(/C)C1=C2CC(CO)(C2)OC1)c1ccc(Oc2cccc(OC)c2F)cc1. The molecule has 0 radical (unpaired) electrons. The lowest BCUT2D eigenvalue weighted by atomic mass is 9.71. The summed E-state index contributed by atoms with van der Waals surface area (Å²) in [4.78, 5) is 9.84. The zero-order valence-electron chi connectivity index (χ0n) is 23.4. The molecule has 0 unspecified atom stereocenters. The lowest BCUT2D eigenvalue weighted by Crippen LogP contribution is -2.50. The van der Waals surface area contributed by atoms with E-state index in [9.17, 15) is 9.50 Å². The molecular weight excluding hydrogens is 495 g/mol. The summed E-state index contributed by atoms with van der Waals surface area (Å²) in [6, 6.07) is 12.3. The Hall–Kier alpha value is -3.55. The van der Waals surface area contributed by atoms with Crippen LogP contribution in [0.25, 0.3) is 5.70 Å². The Kier molecular flexibility index (Phi) is 9.15. The Bertz CT molecular complexity index is 1340. The van der Waals surface area contributed by atoms with Gasteiger partial charge in [-0.15, -0.1) is 0 Å². The van der Waals surface area contributed by atoms with Crippen LogP contribution in [0.1, 0.15) is 58.9 Å². The van der Waals surface area contributed by atoms with Gasteiger partial charge in [0.05, 0.1) is 31.6 Å². The summed E-state index contributed by atoms with van der Waals surface area (Å²) in [5.41, 5.74) is 6.57. The van der Waals surface area contributed by atoms with E-state index in [0.717, 1.165) is 59.5 Å². The van der Waals surface area contributed by atoms with Crippen LogP contribution in [0.4, 0.5) is 4.39 Å². The van der Waals surface area contributed by atoms with Crippen LogP contribution in [0.5, 0.6) is 17.2 Å². The molecule has 3 aliphatic rings. The van der Waals surface area contributed by atoms with Crippen LogP contribution >= 0.6 is 0 Å². The van der Waals surface area contributed by atoms with E-state index in [4.69, 9.17) is 24.2 Å². The van der Waals surface area contributed by atoms with Crippen LogP contribution in [0.15, 0.2) is 81.4 Å². The molecule has 6 nitrogen and oxygen atoms in total. The molecule has 2 heterocycles. The highest BCUT2D eigenvalue weighted by Crippen LogP contribution is 2.46. The Labute approximate surface area is 230 Å². The van der Waals surface area contributed by atoms with Crippen LogP contribution < -0.4 is 9.47 Å². The van der Waals surface area contributed by atoms with Gasteiger partial charge >= 0.3 is 0 Å². The second-order valence-corrected chi connectivity index (χ2v) is 9.94. The first-order valence-corrected chi connectivity index (χ1v) is 13.4. The number of ether oxygens (including phenoxy) is 3. The number of rotatable bonds is 11. The van der Waals surface area contributed by atoms with E-state index in [-0.39, 0.29) is 18.1 Å². The number of hydrogen-bond donors (Lipinski definition) is 1. The number of halogens is 1. The molecule has 206 valence electrons. The summed E-state index contributed by atoms with van der Waals surface area (Å²) >= 11 is 0. The highest BCUT2D eigenvalue weighted by Gasteiger charge is 2.46. The number of benzene rings is 2. The average molecular weight is 533 g/mol. The van der Waals surface area contributed by atoms with Crippen molar-refractivity contribution >= 4 is 17.1 Å². The first-order chi connectivity index (χ1) is 18.8. The molecule has 1 fully saturated rings. The molecular formula is C32H37FN2O4. The predicted molar refractivity (Wildman–Crippen MR) is 154 cm³/mol. The fourth-order valence-electron chi connectivity index (χ4n) is 4.91. The summed E-state index contributed by atoms with van der Waals surface area (Å²) in [5.74, 6) is 0.177. The fraction of sp³-hybridized carbons (Fsp3) is 0.375. The van der Waals surface area contributed by atoms with Gasteiger partial charge in [-0.1, -0.05) is 31.1 Å². The lowest BCUT2D eigenvalue weighted by molar-refractivity contribution is -0.109. The van der Waals surface area contributed by atoms with Crippen molar-refractivity contribution < 1.29 is 23.7 Å². The minimum atomic E-state index is -0.546. The lowest BCUT2D eigenvalue weighted by Gasteiger charge is -2.48. The largest absolute Gasteiger partial charge is 0.494 e. The molecule has 39 heavy (non-hydrogen) atoms. The maximum atomic E-state index is 14.6. The molecule has 1 N–H and O–H groups in total. The maximum Gasteiger partial charge on any atom is 0.207 e. The van der Waals surface area contributed by atoms with Gasteiger partial charge in [0, 0.05) is 36.0 Å². The molecule has 1 saturated carbocycles. The van der Waals surface area contributed by atoms with Crippen molar-refractivity contribution in [3.63, 3.8) is 0 Å². The molecule has 2 aromatic carbocycles. The average Bonchev–Trinajstić information content (AvgIpc) is 2.94. The minimum Gasteiger partial charge on any atom is -0.494 e. The third-order valence-electron chi connectivity index (χ3n) is 7.18. The molecule has 1 aliphatic carbocycles. The number of allylic oxidation sites excluding steroid dienone is 2. The van der Waals surface area contributed by atoms with Crippen molar-refractivity contribution in [3.05, 3.63) is 82.8 Å². The van der Waals surface area contributed by atoms with E-state index < -0.39 is 11.4 Å². The van der Waals surface area contributed by atoms with Crippen molar-refractivity contribution in [3.8, 4) is 17.2 Å². The van der Waals surface area contributed by atoms with Crippen molar-refractivity contribution in [2.24, 2.45) is 9.98 Å². The van der Waals surface area contributed by atoms with E-state index >= 15 is 0 Å². The topological polar surface area (TPSA) is 72.6 Å².